The van der Waals surface area contributed by atoms with Crippen LogP contribution in [-0.2, 0) is 33.1 Å². The molecule has 0 saturated carbocycles. The third kappa shape index (κ3) is 9.61. The van der Waals surface area contributed by atoms with E-state index in [9.17, 15) is 45.1 Å². The monoisotopic (exact) mass is 761 g/mol. The summed E-state index contributed by atoms with van der Waals surface area (Å²) >= 11 is 0. The average molecular weight is 762 g/mol. The summed E-state index contributed by atoms with van der Waals surface area (Å²) in [7, 11) is 0. The third-order valence-corrected chi connectivity index (χ3v) is 9.10. The number of likely N-dealkylation sites (tertiary alicyclic amines) is 1. The molecule has 1 saturated heterocycles. The minimum absolute atomic E-state index is 0.00153. The van der Waals surface area contributed by atoms with E-state index in [0.717, 1.165) is 29.3 Å². The summed E-state index contributed by atoms with van der Waals surface area (Å²) in [4.78, 5) is 42.0. The van der Waals surface area contributed by atoms with Gasteiger partial charge < -0.3 is 19.5 Å². The van der Waals surface area contributed by atoms with E-state index >= 15 is 8.78 Å². The zero-order valence-corrected chi connectivity index (χ0v) is 29.7. The van der Waals surface area contributed by atoms with E-state index in [-0.39, 0.29) is 54.3 Å². The number of hydrogen-bond donors (Lipinski definition) is 1. The van der Waals surface area contributed by atoms with Gasteiger partial charge in [0.1, 0.15) is 23.5 Å². The largest absolute Gasteiger partial charge is 0.466 e. The first-order valence-corrected chi connectivity index (χ1v) is 17.0. The van der Waals surface area contributed by atoms with E-state index in [4.69, 9.17) is 4.74 Å². The number of benzene rings is 2. The molecule has 2 aromatic carbocycles. The highest BCUT2D eigenvalue weighted by molar-refractivity contribution is 5.82. The van der Waals surface area contributed by atoms with Gasteiger partial charge in [0.25, 0.3) is 5.56 Å². The standard InChI is InChI=1S/C37H40F9N3O4/c1-6-53-30(51)17-27(32-33(39)24(15-26(34(32)40)37(44,45)46)31-20(4)13-23(38)14-21(31)5)47-35(52)28(12-19(2)3)49-18-22(8-11-48-9-7-10-48)25(16-29(49)50)36(41,42)43/h13-16,18-19,27-28H,6-12,17H2,1-5H3,(H,47,52)/t27-,28?/m0/s1. The molecule has 4 rings (SSSR count). The van der Waals surface area contributed by atoms with Crippen LogP contribution in [0.15, 0.2) is 35.3 Å². The highest BCUT2D eigenvalue weighted by atomic mass is 19.4. The van der Waals surface area contributed by atoms with Crippen molar-refractivity contribution < 1.29 is 53.8 Å². The summed E-state index contributed by atoms with van der Waals surface area (Å²) in [6.45, 7) is 8.58. The van der Waals surface area contributed by atoms with Gasteiger partial charge in [-0.1, -0.05) is 13.8 Å². The molecule has 1 aliphatic heterocycles. The molecule has 0 spiro atoms. The van der Waals surface area contributed by atoms with Crippen molar-refractivity contribution in [1.82, 2.24) is 14.8 Å². The fourth-order valence-corrected chi connectivity index (χ4v) is 6.54. The van der Waals surface area contributed by atoms with Gasteiger partial charge in [-0.05, 0) is 99.5 Å². The van der Waals surface area contributed by atoms with Crippen molar-refractivity contribution in [2.45, 2.75) is 84.7 Å². The van der Waals surface area contributed by atoms with Crippen LogP contribution in [-0.4, -0.2) is 47.6 Å². The van der Waals surface area contributed by atoms with Gasteiger partial charge >= 0.3 is 18.3 Å². The van der Waals surface area contributed by atoms with Gasteiger partial charge in [-0.25, -0.2) is 13.2 Å². The molecule has 53 heavy (non-hydrogen) atoms. The van der Waals surface area contributed by atoms with Crippen LogP contribution in [0.25, 0.3) is 11.1 Å². The fraction of sp³-hybridized carbons (Fsp3) is 0.486. The van der Waals surface area contributed by atoms with Crippen LogP contribution >= 0.6 is 0 Å². The van der Waals surface area contributed by atoms with Gasteiger partial charge in [0.2, 0.25) is 5.91 Å². The van der Waals surface area contributed by atoms with E-state index in [1.165, 1.54) is 20.8 Å². The molecule has 0 radical (unpaired) electrons. The van der Waals surface area contributed by atoms with Gasteiger partial charge in [0, 0.05) is 29.9 Å². The maximum absolute atomic E-state index is 16.6. The van der Waals surface area contributed by atoms with E-state index in [1.807, 2.05) is 4.90 Å². The highest BCUT2D eigenvalue weighted by Gasteiger charge is 2.41. The zero-order valence-electron chi connectivity index (χ0n) is 29.7. The van der Waals surface area contributed by atoms with Crippen molar-refractivity contribution in [2.24, 2.45) is 5.92 Å². The Kier molecular flexibility index (Phi) is 12.8. The maximum atomic E-state index is 16.6. The maximum Gasteiger partial charge on any atom is 0.419 e. The summed E-state index contributed by atoms with van der Waals surface area (Å²) in [5.74, 6) is -7.30. The number of amides is 1. The van der Waals surface area contributed by atoms with Gasteiger partial charge in [0.15, 0.2) is 0 Å². The Morgan fingerprint density at radius 1 is 0.906 bits per heavy atom. The van der Waals surface area contributed by atoms with Crippen LogP contribution < -0.4 is 10.9 Å². The summed E-state index contributed by atoms with van der Waals surface area (Å²) in [5.41, 5.74) is -7.02. The number of rotatable bonds is 13. The van der Waals surface area contributed by atoms with E-state index in [0.29, 0.717) is 19.2 Å². The topological polar surface area (TPSA) is 80.6 Å². The minimum Gasteiger partial charge on any atom is -0.466 e. The first-order valence-electron chi connectivity index (χ1n) is 17.0. The van der Waals surface area contributed by atoms with Gasteiger partial charge in [0.05, 0.1) is 30.2 Å². The first kappa shape index (κ1) is 41.4. The molecule has 290 valence electrons. The smallest absolute Gasteiger partial charge is 0.419 e. The highest BCUT2D eigenvalue weighted by Crippen LogP contribution is 2.42. The normalized spacial score (nSPS) is 14.9. The summed E-state index contributed by atoms with van der Waals surface area (Å²) in [6.07, 6.45) is -9.98. The lowest BCUT2D eigenvalue weighted by molar-refractivity contribution is -0.144. The quantitative estimate of drug-likeness (QED) is 0.140. The van der Waals surface area contributed by atoms with Gasteiger partial charge in [-0.3, -0.25) is 14.4 Å². The van der Waals surface area contributed by atoms with Crippen molar-refractivity contribution in [3.05, 3.63) is 91.6 Å². The Hall–Kier alpha value is -4.34. The predicted molar refractivity (Wildman–Crippen MR) is 177 cm³/mol. The van der Waals surface area contributed by atoms with Crippen LogP contribution in [0.5, 0.6) is 0 Å². The number of esters is 1. The molecule has 1 amide bonds. The molecular formula is C37H40F9N3O4. The summed E-state index contributed by atoms with van der Waals surface area (Å²) in [5, 5.41) is 2.23. The lowest BCUT2D eigenvalue weighted by Crippen LogP contribution is -2.41. The average Bonchev–Trinajstić information content (AvgIpc) is 2.99. The molecule has 1 unspecified atom stereocenters. The molecule has 2 heterocycles. The number of hydrogen-bond acceptors (Lipinski definition) is 5. The number of aryl methyl sites for hydroxylation is 2. The summed E-state index contributed by atoms with van der Waals surface area (Å²) in [6, 6.07) is -1.36. The Labute approximate surface area is 300 Å². The van der Waals surface area contributed by atoms with Gasteiger partial charge in [-0.15, -0.1) is 0 Å². The molecule has 0 aliphatic carbocycles. The van der Waals surface area contributed by atoms with E-state index in [1.54, 1.807) is 13.8 Å². The van der Waals surface area contributed by atoms with E-state index < -0.39 is 93.9 Å². The second-order valence-corrected chi connectivity index (χ2v) is 13.5. The summed E-state index contributed by atoms with van der Waals surface area (Å²) < 4.78 is 138. The Bertz CT molecular complexity index is 1880. The fourth-order valence-electron chi connectivity index (χ4n) is 6.54. The van der Waals surface area contributed by atoms with Crippen molar-refractivity contribution in [1.29, 1.82) is 0 Å². The number of nitrogens with zero attached hydrogens (tertiary/aromatic N) is 2. The molecule has 1 fully saturated rings. The lowest BCUT2D eigenvalue weighted by atomic mass is 9.89. The van der Waals surface area contributed by atoms with Crippen LogP contribution in [0, 0.1) is 37.2 Å². The van der Waals surface area contributed by atoms with E-state index in [2.05, 4.69) is 5.32 Å². The molecule has 0 bridgehead atoms. The number of nitrogens with one attached hydrogen (secondary N) is 1. The number of aromatic nitrogens is 1. The second-order valence-electron chi connectivity index (χ2n) is 13.5. The Morgan fingerprint density at radius 2 is 1.51 bits per heavy atom. The van der Waals surface area contributed by atoms with Crippen molar-refractivity contribution in [3.63, 3.8) is 0 Å². The van der Waals surface area contributed by atoms with Crippen LogP contribution in [0.1, 0.15) is 85.5 Å². The predicted octanol–water partition coefficient (Wildman–Crippen LogP) is 8.23. The number of carbonyl (C=O) groups excluding carboxylic acids is 2. The Balaban J connectivity index is 1.91. The minimum atomic E-state index is -5.41. The number of pyridine rings is 1. The molecule has 16 heteroatoms. The van der Waals surface area contributed by atoms with Crippen LogP contribution in [0.4, 0.5) is 39.5 Å². The van der Waals surface area contributed by atoms with Crippen LogP contribution in [0.2, 0.25) is 0 Å². The molecule has 3 aromatic rings. The molecular weight excluding hydrogens is 721 g/mol. The van der Waals surface area contributed by atoms with Crippen molar-refractivity contribution >= 4 is 11.9 Å². The molecule has 1 aliphatic rings. The zero-order chi connectivity index (χ0) is 39.6. The number of ether oxygens (including phenoxy) is 1. The molecule has 2 atom stereocenters. The van der Waals surface area contributed by atoms with Gasteiger partial charge in [-0.2, -0.15) is 26.3 Å². The first-order chi connectivity index (χ1) is 24.6. The second kappa shape index (κ2) is 16.4. The number of alkyl halides is 6. The lowest BCUT2D eigenvalue weighted by Gasteiger charge is -2.31. The van der Waals surface area contributed by atoms with Crippen LogP contribution in [0.3, 0.4) is 0 Å². The van der Waals surface area contributed by atoms with Crippen molar-refractivity contribution in [2.75, 3.05) is 26.2 Å². The van der Waals surface area contributed by atoms with Crippen molar-refractivity contribution in [3.8, 4) is 11.1 Å². The number of halogens is 9. The molecule has 1 aromatic heterocycles. The molecule has 7 nitrogen and oxygen atoms in total. The molecule has 1 N–H and O–H groups in total. The number of carbonyl (C=O) groups is 2. The third-order valence-electron chi connectivity index (χ3n) is 9.10. The Morgan fingerprint density at radius 3 is 2.02 bits per heavy atom. The SMILES string of the molecule is CCOC(=O)C[C@H](NC(=O)C(CC(C)C)n1cc(CCN2CCC2)c(C(F)(F)F)cc1=O)c1c(F)c(-c2c(C)cc(F)cc2C)cc(C(F)(F)F)c1F.